The Morgan fingerprint density at radius 2 is 2.15 bits per heavy atom. The second-order valence-electron chi connectivity index (χ2n) is 9.61. The highest BCUT2D eigenvalue weighted by Crippen LogP contribution is 2.47. The largest absolute Gasteiger partial charge is 0.497 e. The molecule has 1 aromatic heterocycles. The Kier molecular flexibility index (Phi) is 5.75. The summed E-state index contributed by atoms with van der Waals surface area (Å²) in [6.45, 7) is 5.45. The normalized spacial score (nSPS) is 25.6. The van der Waals surface area contributed by atoms with Crippen molar-refractivity contribution in [2.45, 2.75) is 18.2 Å². The van der Waals surface area contributed by atoms with Gasteiger partial charge in [-0.3, -0.25) is 14.7 Å². The minimum Gasteiger partial charge on any atom is -0.497 e. The van der Waals surface area contributed by atoms with Gasteiger partial charge in [-0.05, 0) is 49.2 Å². The van der Waals surface area contributed by atoms with E-state index in [4.69, 9.17) is 9.73 Å². The average Bonchev–Trinajstić information content (AvgIpc) is 3.44. The zero-order valence-corrected chi connectivity index (χ0v) is 20.6. The maximum atomic E-state index is 13.3. The van der Waals surface area contributed by atoms with E-state index < -0.39 is 0 Å². The van der Waals surface area contributed by atoms with Crippen LogP contribution in [-0.4, -0.2) is 90.7 Å². The lowest BCUT2D eigenvalue weighted by Crippen LogP contribution is -2.46. The van der Waals surface area contributed by atoms with Crippen LogP contribution in [0, 0.1) is 5.92 Å². The maximum absolute atomic E-state index is 13.3. The second-order valence-corrected chi connectivity index (χ2v) is 10.8. The number of H-pyrrole nitrogens is 1. The second kappa shape index (κ2) is 8.91. The minimum atomic E-state index is -0.0505. The number of aromatic nitrogens is 1. The van der Waals surface area contributed by atoms with E-state index in [1.807, 2.05) is 11.0 Å². The highest BCUT2D eigenvalue weighted by molar-refractivity contribution is 8.04. The fraction of sp³-hybridized carbons (Fsp3) is 0.462. The monoisotopic (exact) mass is 477 g/mol. The molecule has 4 aliphatic rings. The van der Waals surface area contributed by atoms with Gasteiger partial charge in [0, 0.05) is 66.8 Å². The molecule has 34 heavy (non-hydrogen) atoms. The Labute approximate surface area is 204 Å². The number of hydrogen-bond acceptors (Lipinski definition) is 6. The molecule has 2 atom stereocenters. The number of hydrogen-bond donors (Lipinski definition) is 1. The van der Waals surface area contributed by atoms with Crippen molar-refractivity contribution in [3.8, 4) is 5.75 Å². The van der Waals surface area contributed by atoms with Gasteiger partial charge in [-0.25, -0.2) is 0 Å². The Bertz CT molecular complexity index is 1210. The summed E-state index contributed by atoms with van der Waals surface area (Å²) in [6, 6.07) is 6.17. The Morgan fingerprint density at radius 3 is 2.97 bits per heavy atom. The molecule has 4 aliphatic heterocycles. The number of carbonyl (C=O) groups is 1. The summed E-state index contributed by atoms with van der Waals surface area (Å²) in [5.74, 6) is 1.07. The van der Waals surface area contributed by atoms with E-state index in [0.717, 1.165) is 56.8 Å². The SMILES string of the molecule is COc1ccc2[nH]cc(C3=CCN(CCN4C=NC5SC6=C(CCN(C)C6)C5C4=O)CC3)c2c1. The Morgan fingerprint density at radius 1 is 1.24 bits per heavy atom. The number of fused-ring (bicyclic) bond motifs is 3. The van der Waals surface area contributed by atoms with Crippen molar-refractivity contribution in [1.82, 2.24) is 19.7 Å². The number of likely N-dealkylation sites (N-methyl/N-ethyl adjacent to an activating group) is 1. The van der Waals surface area contributed by atoms with Gasteiger partial charge in [0.1, 0.15) is 11.1 Å². The summed E-state index contributed by atoms with van der Waals surface area (Å²) in [7, 11) is 3.86. The lowest BCUT2D eigenvalue weighted by Gasteiger charge is -2.33. The number of ether oxygens (including phenoxy) is 1. The highest BCUT2D eigenvalue weighted by Gasteiger charge is 2.45. The number of nitrogens with zero attached hydrogens (tertiary/aromatic N) is 4. The quantitative estimate of drug-likeness (QED) is 0.715. The third-order valence-electron chi connectivity index (χ3n) is 7.55. The van der Waals surface area contributed by atoms with Crippen molar-refractivity contribution >= 4 is 40.5 Å². The molecule has 0 bridgehead atoms. The molecule has 0 fully saturated rings. The van der Waals surface area contributed by atoms with E-state index in [9.17, 15) is 4.79 Å². The molecule has 2 aromatic rings. The maximum Gasteiger partial charge on any atom is 0.238 e. The smallest absolute Gasteiger partial charge is 0.238 e. The summed E-state index contributed by atoms with van der Waals surface area (Å²) < 4.78 is 5.42. The van der Waals surface area contributed by atoms with Crippen molar-refractivity contribution in [3.05, 3.63) is 46.5 Å². The first-order chi connectivity index (χ1) is 16.6. The minimum absolute atomic E-state index is 0.0505. The topological polar surface area (TPSA) is 64.2 Å². The first kappa shape index (κ1) is 21.9. The van der Waals surface area contributed by atoms with Crippen LogP contribution in [0.2, 0.25) is 0 Å². The third-order valence-corrected chi connectivity index (χ3v) is 8.86. The van der Waals surface area contributed by atoms with Gasteiger partial charge in [0.05, 0.1) is 19.4 Å². The molecule has 1 N–H and O–H groups in total. The predicted octanol–water partition coefficient (Wildman–Crippen LogP) is 3.41. The van der Waals surface area contributed by atoms with E-state index in [2.05, 4.69) is 46.2 Å². The number of benzene rings is 1. The molecule has 0 spiro atoms. The van der Waals surface area contributed by atoms with Crippen LogP contribution in [0.4, 0.5) is 0 Å². The molecular weight excluding hydrogens is 446 g/mol. The van der Waals surface area contributed by atoms with E-state index in [1.165, 1.54) is 27.0 Å². The van der Waals surface area contributed by atoms with E-state index in [-0.39, 0.29) is 17.2 Å². The fourth-order valence-electron chi connectivity index (χ4n) is 5.54. The standard InChI is InChI=1S/C26H31N5O2S/c1-29-8-7-19-23(15-29)34-25-24(19)26(32)31(16-28-25)12-11-30-9-5-17(6-10-30)21-14-27-22-4-3-18(33-2)13-20(21)22/h3-5,13-14,16,24-25,27H,6-12,15H2,1-2H3. The highest BCUT2D eigenvalue weighted by atomic mass is 32.2. The summed E-state index contributed by atoms with van der Waals surface area (Å²) in [4.78, 5) is 29.5. The van der Waals surface area contributed by atoms with Crippen LogP contribution < -0.4 is 4.74 Å². The Balaban J connectivity index is 1.09. The lowest BCUT2D eigenvalue weighted by atomic mass is 9.91. The zero-order valence-electron chi connectivity index (χ0n) is 19.8. The molecular formula is C26H31N5O2S. The van der Waals surface area contributed by atoms with Gasteiger partial charge >= 0.3 is 0 Å². The molecule has 178 valence electrons. The number of carbonyl (C=O) groups excluding carboxylic acids is 1. The van der Waals surface area contributed by atoms with Gasteiger partial charge in [0.2, 0.25) is 5.91 Å². The lowest BCUT2D eigenvalue weighted by molar-refractivity contribution is -0.130. The predicted molar refractivity (Wildman–Crippen MR) is 138 cm³/mol. The van der Waals surface area contributed by atoms with E-state index >= 15 is 0 Å². The number of aromatic amines is 1. The molecule has 0 saturated carbocycles. The zero-order chi connectivity index (χ0) is 23.2. The molecule has 6 rings (SSSR count). The summed E-state index contributed by atoms with van der Waals surface area (Å²) >= 11 is 1.80. The molecule has 5 heterocycles. The third kappa shape index (κ3) is 3.87. The van der Waals surface area contributed by atoms with E-state index in [1.54, 1.807) is 25.2 Å². The first-order valence-electron chi connectivity index (χ1n) is 12.1. The van der Waals surface area contributed by atoms with Crippen LogP contribution in [-0.2, 0) is 4.79 Å². The molecule has 0 radical (unpaired) electrons. The van der Waals surface area contributed by atoms with Crippen molar-refractivity contribution in [1.29, 1.82) is 0 Å². The number of nitrogens with one attached hydrogen (secondary N) is 1. The van der Waals surface area contributed by atoms with Crippen LogP contribution in [0.1, 0.15) is 18.4 Å². The van der Waals surface area contributed by atoms with Crippen LogP contribution in [0.3, 0.4) is 0 Å². The number of aliphatic imine (C=N–C) groups is 1. The van der Waals surface area contributed by atoms with Gasteiger partial charge in [-0.2, -0.15) is 0 Å². The van der Waals surface area contributed by atoms with Gasteiger partial charge in [-0.1, -0.05) is 6.08 Å². The van der Waals surface area contributed by atoms with Gasteiger partial charge in [0.25, 0.3) is 0 Å². The van der Waals surface area contributed by atoms with Crippen LogP contribution in [0.25, 0.3) is 16.5 Å². The summed E-state index contributed by atoms with van der Waals surface area (Å²) in [6.07, 6.45) is 8.22. The molecule has 2 unspecified atom stereocenters. The molecule has 7 nitrogen and oxygen atoms in total. The fourth-order valence-corrected chi connectivity index (χ4v) is 7.04. The average molecular weight is 478 g/mol. The molecule has 1 aromatic carbocycles. The van der Waals surface area contributed by atoms with Gasteiger partial charge < -0.3 is 19.5 Å². The number of amides is 1. The molecule has 0 saturated heterocycles. The van der Waals surface area contributed by atoms with Crippen LogP contribution in [0.5, 0.6) is 5.75 Å². The van der Waals surface area contributed by atoms with Crippen LogP contribution in [0.15, 0.2) is 45.9 Å². The molecule has 8 heteroatoms. The number of thioether (sulfide) groups is 1. The van der Waals surface area contributed by atoms with E-state index in [0.29, 0.717) is 6.54 Å². The van der Waals surface area contributed by atoms with Gasteiger partial charge in [0.15, 0.2) is 0 Å². The number of rotatable bonds is 5. The molecule has 0 aliphatic carbocycles. The van der Waals surface area contributed by atoms with Crippen molar-refractivity contribution in [3.63, 3.8) is 0 Å². The molecule has 1 amide bonds. The van der Waals surface area contributed by atoms with Crippen molar-refractivity contribution < 1.29 is 9.53 Å². The first-order valence-corrected chi connectivity index (χ1v) is 13.0. The van der Waals surface area contributed by atoms with Crippen molar-refractivity contribution in [2.24, 2.45) is 10.9 Å². The van der Waals surface area contributed by atoms with Gasteiger partial charge in [-0.15, -0.1) is 11.8 Å². The Hall–Kier alpha value is -2.55. The summed E-state index contributed by atoms with van der Waals surface area (Å²) in [5.41, 5.74) is 5.12. The van der Waals surface area contributed by atoms with Crippen molar-refractivity contribution in [2.75, 3.05) is 53.4 Å². The summed E-state index contributed by atoms with van der Waals surface area (Å²) in [5, 5.41) is 1.26. The van der Waals surface area contributed by atoms with Crippen LogP contribution >= 0.6 is 11.8 Å². The number of methoxy groups -OCH3 is 1.